The fourth-order valence-electron chi connectivity index (χ4n) is 4.07. The molecule has 2 aromatic rings. The number of rotatable bonds is 9. The number of fused-ring (bicyclic) bond motifs is 1. The van der Waals surface area contributed by atoms with Crippen LogP contribution in [-0.2, 0) is 20.7 Å². The van der Waals surface area contributed by atoms with Crippen molar-refractivity contribution in [1.29, 1.82) is 0 Å². The lowest BCUT2D eigenvalue weighted by Crippen LogP contribution is -2.42. The molecule has 0 aliphatic carbocycles. The highest BCUT2D eigenvalue weighted by molar-refractivity contribution is 6.02. The molecule has 8 nitrogen and oxygen atoms in total. The molecular formula is C26H30N2O6. The van der Waals surface area contributed by atoms with E-state index in [1.54, 1.807) is 28.0 Å². The van der Waals surface area contributed by atoms with E-state index in [0.29, 0.717) is 68.4 Å². The Morgan fingerprint density at radius 1 is 1.09 bits per heavy atom. The molecule has 1 saturated heterocycles. The number of carbonyl (C=O) groups excluding carboxylic acids is 3. The van der Waals surface area contributed by atoms with Crippen LogP contribution in [0.5, 0.6) is 11.5 Å². The van der Waals surface area contributed by atoms with Gasteiger partial charge in [-0.25, -0.2) is 0 Å². The van der Waals surface area contributed by atoms with Crippen molar-refractivity contribution in [2.75, 3.05) is 51.0 Å². The Labute approximate surface area is 199 Å². The average Bonchev–Trinajstić information content (AvgIpc) is 2.88. The van der Waals surface area contributed by atoms with Gasteiger partial charge in [0, 0.05) is 31.6 Å². The van der Waals surface area contributed by atoms with Crippen LogP contribution >= 0.6 is 0 Å². The Morgan fingerprint density at radius 3 is 2.71 bits per heavy atom. The van der Waals surface area contributed by atoms with Crippen LogP contribution in [0.1, 0.15) is 35.7 Å². The number of ether oxygens (including phenoxy) is 3. The fourth-order valence-corrected chi connectivity index (χ4v) is 4.07. The molecule has 0 bridgehead atoms. The van der Waals surface area contributed by atoms with Crippen LogP contribution in [0, 0.1) is 0 Å². The molecule has 2 aliphatic heterocycles. The highest BCUT2D eigenvalue weighted by Crippen LogP contribution is 2.33. The Balaban J connectivity index is 1.38. The first-order valence-electron chi connectivity index (χ1n) is 11.7. The summed E-state index contributed by atoms with van der Waals surface area (Å²) in [6.07, 6.45) is 1.76. The molecule has 34 heavy (non-hydrogen) atoms. The van der Waals surface area contributed by atoms with Gasteiger partial charge < -0.3 is 24.0 Å². The van der Waals surface area contributed by atoms with E-state index < -0.39 is 0 Å². The van der Waals surface area contributed by atoms with Gasteiger partial charge in [0.2, 0.25) is 5.91 Å². The monoisotopic (exact) mass is 466 g/mol. The number of benzene rings is 2. The number of hydrogen-bond donors (Lipinski definition) is 0. The Morgan fingerprint density at radius 2 is 1.91 bits per heavy atom. The standard InChI is InChI=1S/C26H30N2O6/c1-2-19-5-3-6-21(15-19)33-17-23(29)20-8-9-24-22(16-20)28(26(31)18-34-24)10-4-7-25(30)27-11-13-32-14-12-27/h3,5-6,8-9,15-16H,2,4,7,10-14,17-18H2,1H3. The number of carbonyl (C=O) groups is 3. The van der Waals surface area contributed by atoms with Crippen molar-refractivity contribution < 1.29 is 28.6 Å². The van der Waals surface area contributed by atoms with E-state index in [9.17, 15) is 14.4 Å². The minimum atomic E-state index is -0.191. The van der Waals surface area contributed by atoms with Gasteiger partial charge in [-0.3, -0.25) is 14.4 Å². The highest BCUT2D eigenvalue weighted by atomic mass is 16.5. The van der Waals surface area contributed by atoms with Gasteiger partial charge >= 0.3 is 0 Å². The van der Waals surface area contributed by atoms with E-state index >= 15 is 0 Å². The Hall–Kier alpha value is -3.39. The van der Waals surface area contributed by atoms with E-state index in [2.05, 4.69) is 6.92 Å². The van der Waals surface area contributed by atoms with Crippen LogP contribution in [0.3, 0.4) is 0 Å². The number of amides is 2. The zero-order chi connectivity index (χ0) is 23.9. The third-order valence-corrected chi connectivity index (χ3v) is 6.04. The second-order valence-electron chi connectivity index (χ2n) is 8.33. The third kappa shape index (κ3) is 5.75. The largest absolute Gasteiger partial charge is 0.485 e. The molecule has 2 aliphatic rings. The van der Waals surface area contributed by atoms with Gasteiger partial charge in [-0.2, -0.15) is 0 Å². The smallest absolute Gasteiger partial charge is 0.265 e. The van der Waals surface area contributed by atoms with Crippen molar-refractivity contribution in [2.45, 2.75) is 26.2 Å². The first kappa shape index (κ1) is 23.8. The predicted molar refractivity (Wildman–Crippen MR) is 127 cm³/mol. The molecule has 0 saturated carbocycles. The number of ketones is 1. The quantitative estimate of drug-likeness (QED) is 0.529. The number of hydrogen-bond acceptors (Lipinski definition) is 6. The first-order chi connectivity index (χ1) is 16.5. The van der Waals surface area contributed by atoms with Crippen LogP contribution in [0.25, 0.3) is 0 Å². The minimum Gasteiger partial charge on any atom is -0.485 e. The molecule has 0 spiro atoms. The van der Waals surface area contributed by atoms with E-state index in [1.165, 1.54) is 0 Å². The summed E-state index contributed by atoms with van der Waals surface area (Å²) in [6.45, 7) is 4.61. The Bertz CT molecular complexity index is 1050. The second-order valence-corrected chi connectivity index (χ2v) is 8.33. The molecule has 8 heteroatoms. The maximum absolute atomic E-state index is 12.8. The molecule has 0 atom stereocenters. The van der Waals surface area contributed by atoms with Crippen LogP contribution in [0.2, 0.25) is 0 Å². The summed E-state index contributed by atoms with van der Waals surface area (Å²) in [6, 6.07) is 12.7. The zero-order valence-corrected chi connectivity index (χ0v) is 19.5. The number of morpholine rings is 1. The van der Waals surface area contributed by atoms with Crippen molar-refractivity contribution in [3.05, 3.63) is 53.6 Å². The van der Waals surface area contributed by atoms with Crippen LogP contribution in [0.4, 0.5) is 5.69 Å². The second kappa shape index (κ2) is 11.2. The lowest BCUT2D eigenvalue weighted by Gasteiger charge is -2.30. The molecule has 0 unspecified atom stereocenters. The molecule has 2 amide bonds. The Kier molecular flexibility index (Phi) is 7.80. The molecule has 0 N–H and O–H groups in total. The average molecular weight is 467 g/mol. The number of anilines is 1. The van der Waals surface area contributed by atoms with E-state index in [1.807, 2.05) is 24.3 Å². The lowest BCUT2D eigenvalue weighted by atomic mass is 10.1. The van der Waals surface area contributed by atoms with Gasteiger partial charge in [0.15, 0.2) is 19.0 Å². The molecule has 0 radical (unpaired) electrons. The SMILES string of the molecule is CCc1cccc(OCC(=O)c2ccc3c(c2)N(CCCC(=O)N2CCOCC2)C(=O)CO3)c1. The van der Waals surface area contributed by atoms with Crippen LogP contribution < -0.4 is 14.4 Å². The van der Waals surface area contributed by atoms with Crippen molar-refractivity contribution >= 4 is 23.3 Å². The molecule has 1 fully saturated rings. The van der Waals surface area contributed by atoms with E-state index in [0.717, 1.165) is 12.0 Å². The molecule has 2 heterocycles. The van der Waals surface area contributed by atoms with Crippen molar-refractivity contribution in [1.82, 2.24) is 4.90 Å². The summed E-state index contributed by atoms with van der Waals surface area (Å²) in [5.74, 6) is 0.883. The summed E-state index contributed by atoms with van der Waals surface area (Å²) in [5, 5.41) is 0. The van der Waals surface area contributed by atoms with Gasteiger partial charge in [0.25, 0.3) is 5.91 Å². The topological polar surface area (TPSA) is 85.4 Å². The summed E-state index contributed by atoms with van der Waals surface area (Å²) in [5.41, 5.74) is 2.13. The van der Waals surface area contributed by atoms with Gasteiger partial charge in [0.1, 0.15) is 11.5 Å². The van der Waals surface area contributed by atoms with Crippen molar-refractivity contribution in [3.8, 4) is 11.5 Å². The highest BCUT2D eigenvalue weighted by Gasteiger charge is 2.27. The zero-order valence-electron chi connectivity index (χ0n) is 19.5. The van der Waals surface area contributed by atoms with Gasteiger partial charge in [-0.1, -0.05) is 19.1 Å². The summed E-state index contributed by atoms with van der Waals surface area (Å²) < 4.78 is 16.5. The predicted octanol–water partition coefficient (Wildman–Crippen LogP) is 2.88. The van der Waals surface area contributed by atoms with E-state index in [4.69, 9.17) is 14.2 Å². The summed E-state index contributed by atoms with van der Waals surface area (Å²) in [4.78, 5) is 41.2. The van der Waals surface area contributed by atoms with Crippen LogP contribution in [0.15, 0.2) is 42.5 Å². The molecule has 0 aromatic heterocycles. The van der Waals surface area contributed by atoms with Gasteiger partial charge in [0.05, 0.1) is 18.9 Å². The van der Waals surface area contributed by atoms with E-state index in [-0.39, 0.29) is 30.8 Å². The van der Waals surface area contributed by atoms with Gasteiger partial charge in [-0.15, -0.1) is 0 Å². The number of aryl methyl sites for hydroxylation is 1. The number of Topliss-reactive ketones (excluding diaryl/α,β-unsaturated/α-hetero) is 1. The maximum atomic E-state index is 12.8. The number of nitrogens with zero attached hydrogens (tertiary/aromatic N) is 2. The molecule has 4 rings (SSSR count). The summed E-state index contributed by atoms with van der Waals surface area (Å²) in [7, 11) is 0. The molecule has 2 aromatic carbocycles. The maximum Gasteiger partial charge on any atom is 0.265 e. The fraction of sp³-hybridized carbons (Fsp3) is 0.423. The molecular weight excluding hydrogens is 436 g/mol. The van der Waals surface area contributed by atoms with Crippen molar-refractivity contribution in [3.63, 3.8) is 0 Å². The minimum absolute atomic E-state index is 0.0609. The normalized spacial score (nSPS) is 15.5. The third-order valence-electron chi connectivity index (χ3n) is 6.04. The van der Waals surface area contributed by atoms with Crippen molar-refractivity contribution in [2.24, 2.45) is 0 Å². The summed E-state index contributed by atoms with van der Waals surface area (Å²) >= 11 is 0. The molecule has 180 valence electrons. The lowest BCUT2D eigenvalue weighted by molar-refractivity contribution is -0.135. The van der Waals surface area contributed by atoms with Gasteiger partial charge in [-0.05, 0) is 48.7 Å². The van der Waals surface area contributed by atoms with Crippen LogP contribution in [-0.4, -0.2) is 68.6 Å². The first-order valence-corrected chi connectivity index (χ1v) is 11.7.